The van der Waals surface area contributed by atoms with Gasteiger partial charge in [0.25, 0.3) is 5.91 Å². The molecule has 1 atom stereocenters. The molecule has 2 rings (SSSR count). The van der Waals surface area contributed by atoms with E-state index in [0.717, 1.165) is 36.5 Å². The quantitative estimate of drug-likeness (QED) is 0.870. The fraction of sp³-hybridized carbons (Fsp3) is 0.692. The molecule has 1 fully saturated rings. The SMILES string of the molecule is CC(C)(C)c1ncsc1C(=O)N[C@H]1CCCNC1.Cl.Cl. The van der Waals surface area contributed by atoms with Crippen molar-refractivity contribution in [2.24, 2.45) is 0 Å². The number of hydrogen-bond donors (Lipinski definition) is 2. The maximum Gasteiger partial charge on any atom is 0.263 e. The molecule has 1 aromatic heterocycles. The smallest absolute Gasteiger partial charge is 0.263 e. The Morgan fingerprint density at radius 2 is 2.15 bits per heavy atom. The van der Waals surface area contributed by atoms with Crippen LogP contribution in [0.4, 0.5) is 0 Å². The second-order valence-electron chi connectivity index (χ2n) is 5.80. The van der Waals surface area contributed by atoms with E-state index in [1.165, 1.54) is 11.3 Å². The van der Waals surface area contributed by atoms with Crippen molar-refractivity contribution in [3.8, 4) is 0 Å². The highest BCUT2D eigenvalue weighted by atomic mass is 35.5. The molecule has 1 aliphatic rings. The highest BCUT2D eigenvalue weighted by Crippen LogP contribution is 2.27. The summed E-state index contributed by atoms with van der Waals surface area (Å²) in [6.45, 7) is 8.18. The van der Waals surface area contributed by atoms with E-state index in [4.69, 9.17) is 0 Å². The molecule has 1 aliphatic heterocycles. The Balaban J connectivity index is 0.00000180. The van der Waals surface area contributed by atoms with E-state index in [1.54, 1.807) is 5.51 Å². The van der Waals surface area contributed by atoms with Crippen LogP contribution in [0.25, 0.3) is 0 Å². The van der Waals surface area contributed by atoms with Crippen molar-refractivity contribution in [2.75, 3.05) is 13.1 Å². The number of thiazole rings is 1. The lowest BCUT2D eigenvalue weighted by Crippen LogP contribution is -2.45. The van der Waals surface area contributed by atoms with Crippen LogP contribution in [-0.2, 0) is 5.41 Å². The monoisotopic (exact) mass is 339 g/mol. The summed E-state index contributed by atoms with van der Waals surface area (Å²) in [5.74, 6) is 0.0242. The second-order valence-corrected chi connectivity index (χ2v) is 6.65. The highest BCUT2D eigenvalue weighted by molar-refractivity contribution is 7.11. The van der Waals surface area contributed by atoms with Gasteiger partial charge < -0.3 is 10.6 Å². The van der Waals surface area contributed by atoms with Gasteiger partial charge in [-0.2, -0.15) is 0 Å². The molecule has 0 spiro atoms. The van der Waals surface area contributed by atoms with Gasteiger partial charge >= 0.3 is 0 Å². The van der Waals surface area contributed by atoms with E-state index < -0.39 is 0 Å². The normalized spacial score (nSPS) is 18.6. The average Bonchev–Trinajstić information content (AvgIpc) is 2.79. The zero-order valence-corrected chi connectivity index (χ0v) is 14.5. The molecule has 1 amide bonds. The van der Waals surface area contributed by atoms with Crippen molar-refractivity contribution in [1.29, 1.82) is 0 Å². The number of aromatic nitrogens is 1. The van der Waals surface area contributed by atoms with Crippen LogP contribution in [0.3, 0.4) is 0 Å². The zero-order valence-electron chi connectivity index (χ0n) is 12.1. The van der Waals surface area contributed by atoms with Crippen molar-refractivity contribution in [2.45, 2.75) is 45.1 Å². The summed E-state index contributed by atoms with van der Waals surface area (Å²) < 4.78 is 0. The molecular weight excluding hydrogens is 317 g/mol. The maximum atomic E-state index is 12.3. The third kappa shape index (κ3) is 4.88. The summed E-state index contributed by atoms with van der Waals surface area (Å²) in [6, 6.07) is 0.251. The number of carbonyl (C=O) groups is 1. The average molecular weight is 340 g/mol. The van der Waals surface area contributed by atoms with Crippen LogP contribution in [0.5, 0.6) is 0 Å². The summed E-state index contributed by atoms with van der Waals surface area (Å²) in [5, 5.41) is 6.41. The van der Waals surface area contributed by atoms with E-state index in [9.17, 15) is 4.79 Å². The van der Waals surface area contributed by atoms with Crippen LogP contribution in [0.15, 0.2) is 5.51 Å². The van der Waals surface area contributed by atoms with Gasteiger partial charge in [0.05, 0.1) is 11.2 Å². The third-order valence-corrected chi connectivity index (χ3v) is 3.94. The molecular formula is C13H23Cl2N3OS. The van der Waals surface area contributed by atoms with E-state index in [0.29, 0.717) is 0 Å². The van der Waals surface area contributed by atoms with Gasteiger partial charge in [-0.15, -0.1) is 36.2 Å². The van der Waals surface area contributed by atoms with Gasteiger partial charge in [0.2, 0.25) is 0 Å². The number of nitrogens with one attached hydrogen (secondary N) is 2. The minimum absolute atomic E-state index is 0. The molecule has 2 heterocycles. The van der Waals surface area contributed by atoms with Crippen molar-refractivity contribution in [3.63, 3.8) is 0 Å². The standard InChI is InChI=1S/C13H21N3OS.2ClH/c1-13(2,3)11-10(18-8-15-11)12(17)16-9-5-4-6-14-7-9;;/h8-9,14H,4-7H2,1-3H3,(H,16,17);2*1H/t9-;;/m0../s1. The van der Waals surface area contributed by atoms with Gasteiger partial charge in [-0.25, -0.2) is 4.98 Å². The third-order valence-electron chi connectivity index (χ3n) is 3.12. The number of nitrogens with zero attached hydrogens (tertiary/aromatic N) is 1. The highest BCUT2D eigenvalue weighted by Gasteiger charge is 2.26. The predicted molar refractivity (Wildman–Crippen MR) is 88.7 cm³/mol. The summed E-state index contributed by atoms with van der Waals surface area (Å²) in [6.07, 6.45) is 2.18. The zero-order chi connectivity index (χ0) is 13.2. The number of rotatable bonds is 2. The minimum Gasteiger partial charge on any atom is -0.347 e. The molecule has 1 saturated heterocycles. The Morgan fingerprint density at radius 1 is 1.45 bits per heavy atom. The lowest BCUT2D eigenvalue weighted by molar-refractivity contribution is 0.0932. The number of piperidine rings is 1. The van der Waals surface area contributed by atoms with Crippen LogP contribution in [0.2, 0.25) is 0 Å². The molecule has 2 N–H and O–H groups in total. The number of carbonyl (C=O) groups excluding carboxylic acids is 1. The molecule has 20 heavy (non-hydrogen) atoms. The van der Waals surface area contributed by atoms with Crippen LogP contribution < -0.4 is 10.6 Å². The van der Waals surface area contributed by atoms with Gasteiger partial charge in [0.15, 0.2) is 0 Å². The van der Waals surface area contributed by atoms with Gasteiger partial charge in [-0.3, -0.25) is 4.79 Å². The first-order valence-electron chi connectivity index (χ1n) is 6.44. The lowest BCUT2D eigenvalue weighted by Gasteiger charge is -2.24. The van der Waals surface area contributed by atoms with Crippen LogP contribution in [-0.4, -0.2) is 30.0 Å². The second kappa shape index (κ2) is 8.17. The lowest BCUT2D eigenvalue weighted by atomic mass is 9.91. The summed E-state index contributed by atoms with van der Waals surface area (Å²) in [7, 11) is 0. The van der Waals surface area contributed by atoms with Gasteiger partial charge in [-0.1, -0.05) is 20.8 Å². The van der Waals surface area contributed by atoms with Crippen molar-refractivity contribution < 1.29 is 4.79 Å². The van der Waals surface area contributed by atoms with E-state index in [-0.39, 0.29) is 42.2 Å². The molecule has 7 heteroatoms. The van der Waals surface area contributed by atoms with Crippen molar-refractivity contribution in [3.05, 3.63) is 16.1 Å². The van der Waals surface area contributed by atoms with Crippen molar-refractivity contribution in [1.82, 2.24) is 15.6 Å². The number of amides is 1. The van der Waals surface area contributed by atoms with Gasteiger partial charge in [0, 0.05) is 18.0 Å². The molecule has 4 nitrogen and oxygen atoms in total. The first kappa shape index (κ1) is 19.6. The van der Waals surface area contributed by atoms with Crippen molar-refractivity contribution >= 4 is 42.1 Å². The Hall–Kier alpha value is -0.360. The Kier molecular flexibility index (Phi) is 8.03. The topological polar surface area (TPSA) is 54.0 Å². The van der Waals surface area contributed by atoms with Gasteiger partial charge in [-0.05, 0) is 19.4 Å². The maximum absolute atomic E-state index is 12.3. The molecule has 1 aromatic rings. The molecule has 116 valence electrons. The molecule has 0 saturated carbocycles. The molecule has 0 aromatic carbocycles. The summed E-state index contributed by atoms with van der Waals surface area (Å²) in [4.78, 5) is 17.4. The van der Waals surface area contributed by atoms with Crippen LogP contribution >= 0.6 is 36.2 Å². The number of halogens is 2. The van der Waals surface area contributed by atoms with E-state index in [2.05, 4.69) is 36.4 Å². The van der Waals surface area contributed by atoms with Gasteiger partial charge in [0.1, 0.15) is 4.88 Å². The largest absolute Gasteiger partial charge is 0.347 e. The van der Waals surface area contributed by atoms with Crippen LogP contribution in [0, 0.1) is 0 Å². The Labute approximate surface area is 137 Å². The first-order chi connectivity index (χ1) is 8.48. The molecule has 0 aliphatic carbocycles. The summed E-state index contributed by atoms with van der Waals surface area (Å²) in [5.41, 5.74) is 2.57. The summed E-state index contributed by atoms with van der Waals surface area (Å²) >= 11 is 1.43. The molecule has 0 unspecified atom stereocenters. The first-order valence-corrected chi connectivity index (χ1v) is 7.32. The number of hydrogen-bond acceptors (Lipinski definition) is 4. The fourth-order valence-electron chi connectivity index (χ4n) is 2.17. The predicted octanol–water partition coefficient (Wildman–Crippen LogP) is 2.77. The molecule has 0 radical (unpaired) electrons. The Bertz CT molecular complexity index is 425. The van der Waals surface area contributed by atoms with E-state index in [1.807, 2.05) is 0 Å². The Morgan fingerprint density at radius 3 is 2.70 bits per heavy atom. The molecule has 0 bridgehead atoms. The fourth-order valence-corrected chi connectivity index (χ4v) is 3.07. The van der Waals surface area contributed by atoms with E-state index >= 15 is 0 Å². The van der Waals surface area contributed by atoms with Crippen LogP contribution in [0.1, 0.15) is 49.0 Å². The minimum atomic E-state index is -0.0858.